The summed E-state index contributed by atoms with van der Waals surface area (Å²) in [4.78, 5) is 19.9. The third-order valence-electron chi connectivity index (χ3n) is 3.31. The Morgan fingerprint density at radius 2 is 2.24 bits per heavy atom. The number of hydrogen-bond acceptors (Lipinski definition) is 3. The van der Waals surface area contributed by atoms with Crippen LogP contribution in [0.1, 0.15) is 41.7 Å². The number of aromatic nitrogens is 2. The minimum atomic E-state index is -0.131. The second-order valence-electron chi connectivity index (χ2n) is 5.27. The predicted molar refractivity (Wildman–Crippen MR) is 80.1 cm³/mol. The zero-order chi connectivity index (χ0) is 14.8. The summed E-state index contributed by atoms with van der Waals surface area (Å²) < 4.78 is 5.19. The van der Waals surface area contributed by atoms with Gasteiger partial charge in [0.2, 0.25) is 0 Å². The van der Waals surface area contributed by atoms with Crippen LogP contribution in [0.2, 0.25) is 0 Å². The van der Waals surface area contributed by atoms with Gasteiger partial charge in [-0.1, -0.05) is 13.8 Å². The molecule has 0 unspecified atom stereocenters. The summed E-state index contributed by atoms with van der Waals surface area (Å²) in [5.74, 6) is 1.86. The van der Waals surface area contributed by atoms with Gasteiger partial charge in [-0.25, -0.2) is 4.98 Å². The second kappa shape index (κ2) is 5.44. The third-order valence-corrected chi connectivity index (χ3v) is 3.31. The van der Waals surface area contributed by atoms with Crippen LogP contribution in [0.5, 0.6) is 0 Å². The SMILES string of the molecule is CC(C)c1nc2ccc(C(=O)NCc3ccco3)cc2[nH]1. The molecule has 0 aliphatic carbocycles. The Balaban J connectivity index is 1.78. The molecule has 3 rings (SSSR count). The van der Waals surface area contributed by atoms with E-state index in [1.807, 2.05) is 18.2 Å². The number of benzene rings is 1. The molecule has 0 fully saturated rings. The van der Waals surface area contributed by atoms with Gasteiger partial charge < -0.3 is 14.7 Å². The highest BCUT2D eigenvalue weighted by atomic mass is 16.3. The van der Waals surface area contributed by atoms with Crippen molar-refractivity contribution in [2.75, 3.05) is 0 Å². The lowest BCUT2D eigenvalue weighted by atomic mass is 10.2. The van der Waals surface area contributed by atoms with E-state index >= 15 is 0 Å². The summed E-state index contributed by atoms with van der Waals surface area (Å²) in [6.07, 6.45) is 1.59. The van der Waals surface area contributed by atoms with Crippen LogP contribution < -0.4 is 5.32 Å². The van der Waals surface area contributed by atoms with Crippen LogP contribution in [0.3, 0.4) is 0 Å². The molecule has 0 aliphatic rings. The molecule has 2 heterocycles. The fraction of sp³-hybridized carbons (Fsp3) is 0.250. The van der Waals surface area contributed by atoms with E-state index in [0.29, 0.717) is 18.0 Å². The molecular weight excluding hydrogens is 266 g/mol. The van der Waals surface area contributed by atoms with Crippen molar-refractivity contribution in [1.82, 2.24) is 15.3 Å². The number of hydrogen-bond donors (Lipinski definition) is 2. The fourth-order valence-electron chi connectivity index (χ4n) is 2.13. The molecule has 21 heavy (non-hydrogen) atoms. The normalized spacial score (nSPS) is 11.2. The summed E-state index contributed by atoms with van der Waals surface area (Å²) >= 11 is 0. The van der Waals surface area contributed by atoms with Crippen LogP contribution in [0.25, 0.3) is 11.0 Å². The number of fused-ring (bicyclic) bond motifs is 1. The maximum atomic E-state index is 12.1. The van der Waals surface area contributed by atoms with E-state index in [0.717, 1.165) is 22.6 Å². The molecule has 0 saturated heterocycles. The second-order valence-corrected chi connectivity index (χ2v) is 5.27. The smallest absolute Gasteiger partial charge is 0.251 e. The van der Waals surface area contributed by atoms with Crippen molar-refractivity contribution in [3.63, 3.8) is 0 Å². The van der Waals surface area contributed by atoms with Crippen LogP contribution in [0.4, 0.5) is 0 Å². The first-order valence-electron chi connectivity index (χ1n) is 6.94. The monoisotopic (exact) mass is 283 g/mol. The zero-order valence-electron chi connectivity index (χ0n) is 12.0. The van der Waals surface area contributed by atoms with E-state index < -0.39 is 0 Å². The quantitative estimate of drug-likeness (QED) is 0.772. The average molecular weight is 283 g/mol. The molecule has 5 nitrogen and oxygen atoms in total. The topological polar surface area (TPSA) is 70.9 Å². The summed E-state index contributed by atoms with van der Waals surface area (Å²) in [5.41, 5.74) is 2.36. The predicted octanol–water partition coefficient (Wildman–Crippen LogP) is 3.21. The molecule has 2 N–H and O–H groups in total. The zero-order valence-corrected chi connectivity index (χ0v) is 12.0. The van der Waals surface area contributed by atoms with E-state index in [1.54, 1.807) is 18.4 Å². The van der Waals surface area contributed by atoms with Crippen LogP contribution in [-0.4, -0.2) is 15.9 Å². The van der Waals surface area contributed by atoms with E-state index in [4.69, 9.17) is 4.42 Å². The molecule has 2 aromatic heterocycles. The van der Waals surface area contributed by atoms with Gasteiger partial charge in [-0.05, 0) is 30.3 Å². The lowest BCUT2D eigenvalue weighted by Gasteiger charge is -2.03. The molecule has 1 amide bonds. The number of carbonyl (C=O) groups excluding carboxylic acids is 1. The third kappa shape index (κ3) is 2.81. The molecular formula is C16H17N3O2. The van der Waals surface area contributed by atoms with Crippen molar-refractivity contribution in [1.29, 1.82) is 0 Å². The van der Waals surface area contributed by atoms with Crippen molar-refractivity contribution < 1.29 is 9.21 Å². The standard InChI is InChI=1S/C16H17N3O2/c1-10(2)15-18-13-6-5-11(8-14(13)19-15)16(20)17-9-12-4-3-7-21-12/h3-8,10H,9H2,1-2H3,(H,17,20)(H,18,19). The molecule has 0 bridgehead atoms. The lowest BCUT2D eigenvalue weighted by molar-refractivity contribution is 0.0948. The number of aromatic amines is 1. The molecule has 3 aromatic rings. The number of H-pyrrole nitrogens is 1. The highest BCUT2D eigenvalue weighted by molar-refractivity contribution is 5.97. The highest BCUT2D eigenvalue weighted by Gasteiger charge is 2.10. The van der Waals surface area contributed by atoms with Crippen LogP contribution in [0, 0.1) is 0 Å². The number of nitrogens with zero attached hydrogens (tertiary/aromatic N) is 1. The maximum absolute atomic E-state index is 12.1. The molecule has 0 spiro atoms. The fourth-order valence-corrected chi connectivity index (χ4v) is 2.13. The van der Waals surface area contributed by atoms with Gasteiger partial charge in [0.25, 0.3) is 5.91 Å². The minimum absolute atomic E-state index is 0.131. The molecule has 0 atom stereocenters. The number of furan rings is 1. The van der Waals surface area contributed by atoms with Crippen molar-refractivity contribution in [2.24, 2.45) is 0 Å². The van der Waals surface area contributed by atoms with Gasteiger partial charge in [0.1, 0.15) is 11.6 Å². The Bertz CT molecular complexity index is 757. The van der Waals surface area contributed by atoms with Gasteiger partial charge in [0, 0.05) is 11.5 Å². The lowest BCUT2D eigenvalue weighted by Crippen LogP contribution is -2.22. The summed E-state index contributed by atoms with van der Waals surface area (Å²) in [5, 5.41) is 2.83. The molecule has 1 aromatic carbocycles. The number of nitrogens with one attached hydrogen (secondary N) is 2. The molecule has 0 saturated carbocycles. The number of imidazole rings is 1. The Hall–Kier alpha value is -2.56. The van der Waals surface area contributed by atoms with Crippen molar-refractivity contribution in [3.05, 3.63) is 53.7 Å². The highest BCUT2D eigenvalue weighted by Crippen LogP contribution is 2.18. The Labute approximate surface area is 122 Å². The first-order chi connectivity index (χ1) is 10.1. The Morgan fingerprint density at radius 3 is 2.95 bits per heavy atom. The van der Waals surface area contributed by atoms with Crippen molar-refractivity contribution >= 4 is 16.9 Å². The molecule has 0 radical (unpaired) electrons. The largest absolute Gasteiger partial charge is 0.467 e. The Morgan fingerprint density at radius 1 is 1.38 bits per heavy atom. The molecule has 5 heteroatoms. The number of rotatable bonds is 4. The number of carbonyl (C=O) groups is 1. The summed E-state index contributed by atoms with van der Waals surface area (Å²) in [6, 6.07) is 9.09. The maximum Gasteiger partial charge on any atom is 0.251 e. The van der Waals surface area contributed by atoms with Gasteiger partial charge in [0.15, 0.2) is 0 Å². The molecule has 108 valence electrons. The van der Waals surface area contributed by atoms with Crippen molar-refractivity contribution in [2.45, 2.75) is 26.3 Å². The first-order valence-corrected chi connectivity index (χ1v) is 6.94. The molecule has 0 aliphatic heterocycles. The number of amides is 1. The first kappa shape index (κ1) is 13.4. The van der Waals surface area contributed by atoms with E-state index in [9.17, 15) is 4.79 Å². The van der Waals surface area contributed by atoms with Crippen LogP contribution in [0.15, 0.2) is 41.0 Å². The minimum Gasteiger partial charge on any atom is -0.467 e. The van der Waals surface area contributed by atoms with Gasteiger partial charge in [-0.2, -0.15) is 0 Å². The van der Waals surface area contributed by atoms with Gasteiger partial charge in [0.05, 0.1) is 23.8 Å². The van der Waals surface area contributed by atoms with Crippen LogP contribution >= 0.6 is 0 Å². The van der Waals surface area contributed by atoms with Crippen molar-refractivity contribution in [3.8, 4) is 0 Å². The van der Waals surface area contributed by atoms with Gasteiger partial charge in [-0.3, -0.25) is 4.79 Å². The summed E-state index contributed by atoms with van der Waals surface area (Å²) in [6.45, 7) is 4.54. The average Bonchev–Trinajstić information content (AvgIpc) is 3.12. The van der Waals surface area contributed by atoms with Gasteiger partial charge in [-0.15, -0.1) is 0 Å². The Kier molecular flexibility index (Phi) is 3.48. The van der Waals surface area contributed by atoms with Crippen LogP contribution in [-0.2, 0) is 6.54 Å². The van der Waals surface area contributed by atoms with E-state index in [1.165, 1.54) is 0 Å². The van der Waals surface area contributed by atoms with Gasteiger partial charge >= 0.3 is 0 Å². The summed E-state index contributed by atoms with van der Waals surface area (Å²) in [7, 11) is 0. The van der Waals surface area contributed by atoms with E-state index in [-0.39, 0.29) is 5.91 Å². The van der Waals surface area contributed by atoms with E-state index in [2.05, 4.69) is 29.1 Å².